The predicted octanol–water partition coefficient (Wildman–Crippen LogP) is 3.32. The van der Waals surface area contributed by atoms with Crippen molar-refractivity contribution in [1.29, 1.82) is 0 Å². The summed E-state index contributed by atoms with van der Waals surface area (Å²) in [6.45, 7) is 7.22. The summed E-state index contributed by atoms with van der Waals surface area (Å²) in [5.41, 5.74) is 0. The molecule has 0 spiro atoms. The molecule has 1 saturated carbocycles. The van der Waals surface area contributed by atoms with Crippen LogP contribution in [-0.4, -0.2) is 25.2 Å². The summed E-state index contributed by atoms with van der Waals surface area (Å²) < 4.78 is 0. The van der Waals surface area contributed by atoms with Crippen molar-refractivity contribution in [3.8, 4) is 0 Å². The van der Waals surface area contributed by atoms with Crippen molar-refractivity contribution in [3.63, 3.8) is 0 Å². The average Bonchev–Trinajstić information content (AvgIpc) is 2.84. The molecule has 1 aliphatic carbocycles. The van der Waals surface area contributed by atoms with Gasteiger partial charge in [-0.1, -0.05) is 32.6 Å². The fourth-order valence-electron chi connectivity index (χ4n) is 3.62. The van der Waals surface area contributed by atoms with Crippen LogP contribution in [0.2, 0.25) is 0 Å². The monoisotopic (exact) mass is 252 g/mol. The zero-order valence-corrected chi connectivity index (χ0v) is 12.4. The number of hydrogen-bond acceptors (Lipinski definition) is 2. The van der Waals surface area contributed by atoms with Crippen molar-refractivity contribution < 1.29 is 0 Å². The molecule has 0 aromatic rings. The van der Waals surface area contributed by atoms with Crippen LogP contribution in [0.4, 0.5) is 0 Å². The lowest BCUT2D eigenvalue weighted by molar-refractivity contribution is 0.271. The van der Waals surface area contributed by atoms with E-state index in [1.807, 2.05) is 0 Å². The van der Waals surface area contributed by atoms with Crippen LogP contribution in [-0.2, 0) is 0 Å². The van der Waals surface area contributed by atoms with Crippen molar-refractivity contribution in [3.05, 3.63) is 0 Å². The normalized spacial score (nSPS) is 34.7. The summed E-state index contributed by atoms with van der Waals surface area (Å²) in [5.74, 6) is 1.99. The van der Waals surface area contributed by atoms with Gasteiger partial charge in [0.25, 0.3) is 0 Å². The van der Waals surface area contributed by atoms with Gasteiger partial charge in [0.1, 0.15) is 0 Å². The van der Waals surface area contributed by atoms with E-state index < -0.39 is 0 Å². The Kier molecular flexibility index (Phi) is 5.97. The lowest BCUT2D eigenvalue weighted by Gasteiger charge is -2.27. The Bertz CT molecular complexity index is 215. The van der Waals surface area contributed by atoms with E-state index in [4.69, 9.17) is 0 Å². The van der Waals surface area contributed by atoms with Crippen molar-refractivity contribution >= 4 is 0 Å². The van der Waals surface area contributed by atoms with Gasteiger partial charge in [-0.05, 0) is 57.5 Å². The van der Waals surface area contributed by atoms with Crippen LogP contribution in [0.15, 0.2) is 0 Å². The standard InChI is InChI=1S/C16H32N2/c1-13-5-7-15(8-6-13)9-11-17-14(2)12-16-4-3-10-18-16/h13-18H,3-12H2,1-2H3. The Balaban J connectivity index is 1.51. The second kappa shape index (κ2) is 7.49. The quantitative estimate of drug-likeness (QED) is 0.758. The van der Waals surface area contributed by atoms with E-state index >= 15 is 0 Å². The highest BCUT2D eigenvalue weighted by Gasteiger charge is 2.19. The van der Waals surface area contributed by atoms with Gasteiger partial charge in [-0.3, -0.25) is 0 Å². The fraction of sp³-hybridized carbons (Fsp3) is 1.00. The molecular weight excluding hydrogens is 220 g/mol. The average molecular weight is 252 g/mol. The molecule has 106 valence electrons. The van der Waals surface area contributed by atoms with Gasteiger partial charge < -0.3 is 10.6 Å². The molecule has 0 aromatic heterocycles. The van der Waals surface area contributed by atoms with Crippen molar-refractivity contribution in [2.75, 3.05) is 13.1 Å². The molecule has 1 heterocycles. The number of nitrogens with one attached hydrogen (secondary N) is 2. The summed E-state index contributed by atoms with van der Waals surface area (Å²) in [6.07, 6.45) is 11.3. The van der Waals surface area contributed by atoms with Crippen LogP contribution in [0.25, 0.3) is 0 Å². The minimum absolute atomic E-state index is 0.683. The van der Waals surface area contributed by atoms with Gasteiger partial charge >= 0.3 is 0 Å². The van der Waals surface area contributed by atoms with Crippen LogP contribution in [0.5, 0.6) is 0 Å². The molecule has 2 nitrogen and oxygen atoms in total. The first kappa shape index (κ1) is 14.3. The maximum absolute atomic E-state index is 3.73. The summed E-state index contributed by atoms with van der Waals surface area (Å²) >= 11 is 0. The highest BCUT2D eigenvalue weighted by Crippen LogP contribution is 2.29. The topological polar surface area (TPSA) is 24.1 Å². The molecule has 1 saturated heterocycles. The highest BCUT2D eigenvalue weighted by atomic mass is 15.0. The first-order valence-electron chi connectivity index (χ1n) is 8.21. The van der Waals surface area contributed by atoms with Gasteiger partial charge in [-0.2, -0.15) is 0 Å². The first-order valence-corrected chi connectivity index (χ1v) is 8.21. The Morgan fingerprint density at radius 3 is 2.61 bits per heavy atom. The fourth-order valence-corrected chi connectivity index (χ4v) is 3.62. The van der Waals surface area contributed by atoms with Gasteiger partial charge in [0.15, 0.2) is 0 Å². The van der Waals surface area contributed by atoms with E-state index in [0.717, 1.165) is 17.9 Å². The SMILES string of the molecule is CC1CCC(CCNC(C)CC2CCCN2)CC1. The maximum atomic E-state index is 3.73. The second-order valence-corrected chi connectivity index (χ2v) is 6.80. The summed E-state index contributed by atoms with van der Waals surface area (Å²) in [7, 11) is 0. The molecule has 18 heavy (non-hydrogen) atoms. The van der Waals surface area contributed by atoms with E-state index in [2.05, 4.69) is 24.5 Å². The third kappa shape index (κ3) is 4.89. The van der Waals surface area contributed by atoms with Crippen molar-refractivity contribution in [2.24, 2.45) is 11.8 Å². The molecule has 0 radical (unpaired) electrons. The van der Waals surface area contributed by atoms with Gasteiger partial charge in [0.05, 0.1) is 0 Å². The van der Waals surface area contributed by atoms with Gasteiger partial charge in [0, 0.05) is 12.1 Å². The highest BCUT2D eigenvalue weighted by molar-refractivity contribution is 4.79. The minimum atomic E-state index is 0.683. The lowest BCUT2D eigenvalue weighted by atomic mass is 9.81. The van der Waals surface area contributed by atoms with Gasteiger partial charge in [-0.15, -0.1) is 0 Å². The number of hydrogen-bond donors (Lipinski definition) is 2. The second-order valence-electron chi connectivity index (χ2n) is 6.80. The van der Waals surface area contributed by atoms with E-state index in [1.54, 1.807) is 0 Å². The van der Waals surface area contributed by atoms with Crippen LogP contribution in [0.1, 0.15) is 65.2 Å². The summed E-state index contributed by atoms with van der Waals surface area (Å²) in [4.78, 5) is 0. The molecule has 2 heteroatoms. The molecular formula is C16H32N2. The van der Waals surface area contributed by atoms with E-state index in [9.17, 15) is 0 Å². The van der Waals surface area contributed by atoms with Crippen LogP contribution in [0.3, 0.4) is 0 Å². The predicted molar refractivity (Wildman–Crippen MR) is 78.8 cm³/mol. The van der Waals surface area contributed by atoms with Crippen molar-refractivity contribution in [2.45, 2.75) is 77.3 Å². The zero-order chi connectivity index (χ0) is 12.8. The smallest absolute Gasteiger partial charge is 0.00822 e. The minimum Gasteiger partial charge on any atom is -0.314 e. The molecule has 2 rings (SSSR count). The largest absolute Gasteiger partial charge is 0.314 e. The molecule has 1 aliphatic heterocycles. The third-order valence-corrected chi connectivity index (χ3v) is 4.98. The molecule has 0 amide bonds. The molecule has 2 aliphatic rings. The Hall–Kier alpha value is -0.0800. The Morgan fingerprint density at radius 1 is 1.17 bits per heavy atom. The molecule has 2 N–H and O–H groups in total. The Morgan fingerprint density at radius 2 is 1.94 bits per heavy atom. The molecule has 0 aromatic carbocycles. The van der Waals surface area contributed by atoms with Crippen LogP contribution < -0.4 is 10.6 Å². The van der Waals surface area contributed by atoms with Gasteiger partial charge in [-0.25, -0.2) is 0 Å². The molecule has 2 fully saturated rings. The van der Waals surface area contributed by atoms with E-state index in [-0.39, 0.29) is 0 Å². The van der Waals surface area contributed by atoms with Crippen LogP contribution in [0, 0.1) is 11.8 Å². The summed E-state index contributed by atoms with van der Waals surface area (Å²) in [5, 5.41) is 7.32. The zero-order valence-electron chi connectivity index (χ0n) is 12.4. The maximum Gasteiger partial charge on any atom is 0.00822 e. The lowest BCUT2D eigenvalue weighted by Crippen LogP contribution is -2.35. The van der Waals surface area contributed by atoms with Crippen LogP contribution >= 0.6 is 0 Å². The number of rotatable bonds is 6. The molecule has 2 unspecified atom stereocenters. The van der Waals surface area contributed by atoms with Crippen molar-refractivity contribution in [1.82, 2.24) is 10.6 Å². The Labute approximate surface area is 113 Å². The van der Waals surface area contributed by atoms with Gasteiger partial charge in [0.2, 0.25) is 0 Å². The molecule has 0 bridgehead atoms. The molecule has 2 atom stereocenters. The summed E-state index contributed by atoms with van der Waals surface area (Å²) in [6, 6.07) is 1.46. The van der Waals surface area contributed by atoms with E-state index in [1.165, 1.54) is 64.5 Å². The first-order chi connectivity index (χ1) is 8.74. The van der Waals surface area contributed by atoms with E-state index in [0.29, 0.717) is 6.04 Å². The third-order valence-electron chi connectivity index (χ3n) is 4.98.